The van der Waals surface area contributed by atoms with Crippen molar-refractivity contribution in [3.8, 4) is 0 Å². The second-order valence-electron chi connectivity index (χ2n) is 5.63. The third-order valence-corrected chi connectivity index (χ3v) is 4.96. The summed E-state index contributed by atoms with van der Waals surface area (Å²) >= 11 is 1.33. The number of hydrogen-bond acceptors (Lipinski definition) is 7. The van der Waals surface area contributed by atoms with Crippen molar-refractivity contribution in [3.05, 3.63) is 27.5 Å². The number of carbonyl (C=O) groups excluding carboxylic acids is 2. The van der Waals surface area contributed by atoms with Crippen LogP contribution in [0.2, 0.25) is 0 Å². The molecule has 2 aromatic rings. The Bertz CT molecular complexity index is 750. The van der Waals surface area contributed by atoms with Gasteiger partial charge in [-0.2, -0.15) is 14.7 Å². The number of amides is 1. The Morgan fingerprint density at radius 1 is 1.38 bits per heavy atom. The molecule has 8 nitrogen and oxygen atoms in total. The molecule has 1 aliphatic heterocycles. The summed E-state index contributed by atoms with van der Waals surface area (Å²) in [4.78, 5) is 27.7. The summed E-state index contributed by atoms with van der Waals surface area (Å²) in [5.41, 5.74) is 2.00. The highest BCUT2D eigenvalue weighted by Crippen LogP contribution is 2.34. The number of aromatic nitrogens is 4. The topological polar surface area (TPSA) is 101 Å². The maximum atomic E-state index is 13.0. The first-order chi connectivity index (χ1) is 11.5. The van der Waals surface area contributed by atoms with E-state index in [4.69, 9.17) is 4.74 Å². The molecule has 9 heteroatoms. The van der Waals surface area contributed by atoms with Crippen LogP contribution in [0.4, 0.5) is 0 Å². The first-order valence-corrected chi connectivity index (χ1v) is 8.63. The third-order valence-electron chi connectivity index (χ3n) is 4.12. The number of aryl methyl sites for hydroxylation is 2. The lowest BCUT2D eigenvalue weighted by Crippen LogP contribution is -2.32. The minimum atomic E-state index is -0.523. The van der Waals surface area contributed by atoms with E-state index in [-0.39, 0.29) is 24.2 Å². The van der Waals surface area contributed by atoms with Crippen LogP contribution in [-0.2, 0) is 4.74 Å². The molecule has 1 N–H and O–H groups in total. The molecule has 128 valence electrons. The number of hydrogen-bond donors (Lipinski definition) is 1. The van der Waals surface area contributed by atoms with Gasteiger partial charge in [-0.15, -0.1) is 5.10 Å². The molecule has 24 heavy (non-hydrogen) atoms. The van der Waals surface area contributed by atoms with Crippen LogP contribution >= 0.6 is 11.5 Å². The second kappa shape index (κ2) is 6.68. The quantitative estimate of drug-likeness (QED) is 0.848. The number of likely N-dealkylation sites (tertiary alicyclic amines) is 1. The molecule has 0 radical (unpaired) electrons. The molecule has 0 aliphatic carbocycles. The van der Waals surface area contributed by atoms with Crippen molar-refractivity contribution in [3.63, 3.8) is 0 Å². The number of nitrogens with one attached hydrogen (secondary N) is 1. The van der Waals surface area contributed by atoms with Gasteiger partial charge < -0.3 is 9.64 Å². The van der Waals surface area contributed by atoms with E-state index >= 15 is 0 Å². The van der Waals surface area contributed by atoms with Crippen LogP contribution in [0.3, 0.4) is 0 Å². The van der Waals surface area contributed by atoms with Gasteiger partial charge in [0.05, 0.1) is 23.9 Å². The number of ether oxygens (including phenoxy) is 1. The molecular weight excluding hydrogens is 330 g/mol. The molecular formula is C15H19N5O3S. The van der Waals surface area contributed by atoms with Crippen molar-refractivity contribution in [2.45, 2.75) is 39.7 Å². The fourth-order valence-electron chi connectivity index (χ4n) is 3.05. The van der Waals surface area contributed by atoms with Gasteiger partial charge in [0.1, 0.15) is 5.69 Å². The zero-order valence-electron chi connectivity index (χ0n) is 13.8. The van der Waals surface area contributed by atoms with Crippen molar-refractivity contribution in [1.82, 2.24) is 24.7 Å². The Labute approximate surface area is 143 Å². The van der Waals surface area contributed by atoms with Crippen molar-refractivity contribution in [2.24, 2.45) is 0 Å². The van der Waals surface area contributed by atoms with Crippen LogP contribution < -0.4 is 0 Å². The molecule has 0 spiro atoms. The van der Waals surface area contributed by atoms with Gasteiger partial charge in [-0.3, -0.25) is 4.79 Å². The maximum Gasteiger partial charge on any atom is 0.360 e. The second-order valence-corrected chi connectivity index (χ2v) is 6.61. The lowest BCUT2D eigenvalue weighted by molar-refractivity contribution is 0.0512. The Morgan fingerprint density at radius 3 is 2.83 bits per heavy atom. The first-order valence-electron chi connectivity index (χ1n) is 7.86. The largest absolute Gasteiger partial charge is 0.461 e. The van der Waals surface area contributed by atoms with Gasteiger partial charge in [0.2, 0.25) is 0 Å². The number of nitrogens with zero attached hydrogens (tertiary/aromatic N) is 4. The van der Waals surface area contributed by atoms with Crippen LogP contribution in [0.1, 0.15) is 62.9 Å². The smallest absolute Gasteiger partial charge is 0.360 e. The summed E-state index contributed by atoms with van der Waals surface area (Å²) in [5.74, 6) is -0.593. The lowest BCUT2D eigenvalue weighted by Gasteiger charge is -2.23. The normalized spacial score (nSPS) is 17.3. The van der Waals surface area contributed by atoms with E-state index in [1.165, 1.54) is 11.5 Å². The van der Waals surface area contributed by atoms with E-state index in [2.05, 4.69) is 19.8 Å². The van der Waals surface area contributed by atoms with Crippen LogP contribution in [0, 0.1) is 13.8 Å². The van der Waals surface area contributed by atoms with Gasteiger partial charge in [0.15, 0.2) is 5.69 Å². The molecule has 0 bridgehead atoms. The van der Waals surface area contributed by atoms with Crippen LogP contribution in [0.5, 0.6) is 0 Å². The summed E-state index contributed by atoms with van der Waals surface area (Å²) in [6.45, 7) is 6.34. The zero-order chi connectivity index (χ0) is 17.3. The third kappa shape index (κ3) is 2.79. The molecule has 0 unspecified atom stereocenters. The molecule has 2 aromatic heterocycles. The van der Waals surface area contributed by atoms with E-state index in [0.717, 1.165) is 23.4 Å². The van der Waals surface area contributed by atoms with Gasteiger partial charge >= 0.3 is 5.97 Å². The Morgan fingerprint density at radius 2 is 2.17 bits per heavy atom. The summed E-state index contributed by atoms with van der Waals surface area (Å²) in [5, 5.41) is 10.5. The average Bonchev–Trinajstić information content (AvgIpc) is 3.26. The van der Waals surface area contributed by atoms with Gasteiger partial charge in [-0.25, -0.2) is 4.79 Å². The minimum absolute atomic E-state index is 0.0703. The van der Waals surface area contributed by atoms with Crippen molar-refractivity contribution < 1.29 is 14.3 Å². The number of rotatable bonds is 4. The van der Waals surface area contributed by atoms with Crippen LogP contribution in [0.25, 0.3) is 0 Å². The van der Waals surface area contributed by atoms with Gasteiger partial charge in [-0.1, -0.05) is 0 Å². The van der Waals surface area contributed by atoms with Crippen molar-refractivity contribution in [2.75, 3.05) is 13.2 Å². The Balaban J connectivity index is 1.91. The number of aromatic amines is 1. The monoisotopic (exact) mass is 349 g/mol. The molecule has 0 saturated carbocycles. The average molecular weight is 349 g/mol. The fraction of sp³-hybridized carbons (Fsp3) is 0.533. The molecule has 0 aromatic carbocycles. The fourth-order valence-corrected chi connectivity index (χ4v) is 3.74. The van der Waals surface area contributed by atoms with E-state index in [0.29, 0.717) is 17.8 Å². The molecule has 3 rings (SSSR count). The summed E-state index contributed by atoms with van der Waals surface area (Å²) in [6.07, 6.45) is 1.58. The summed E-state index contributed by atoms with van der Waals surface area (Å²) in [7, 11) is 0. The molecule has 1 atom stereocenters. The predicted molar refractivity (Wildman–Crippen MR) is 86.9 cm³/mol. The summed E-state index contributed by atoms with van der Waals surface area (Å²) < 4.78 is 9.27. The van der Waals surface area contributed by atoms with Gasteiger partial charge in [0, 0.05) is 11.4 Å². The van der Waals surface area contributed by atoms with Crippen LogP contribution in [-0.4, -0.2) is 49.7 Å². The van der Waals surface area contributed by atoms with Gasteiger partial charge in [-0.05, 0) is 45.1 Å². The van der Waals surface area contributed by atoms with Crippen molar-refractivity contribution in [1.29, 1.82) is 0 Å². The number of H-pyrrole nitrogens is 1. The molecule has 1 aliphatic rings. The lowest BCUT2D eigenvalue weighted by atomic mass is 10.1. The Hall–Kier alpha value is -2.29. The highest BCUT2D eigenvalue weighted by Gasteiger charge is 2.37. The molecule has 1 saturated heterocycles. The standard InChI is InChI=1S/C15H19N5O3S/c1-4-23-15(22)13-12(16-19-17-13)10-6-5-7-20(10)14(21)11-8(2)18-24-9(11)3/h10H,4-7H2,1-3H3,(H,16,17,19)/t10-/m0/s1. The predicted octanol–water partition coefficient (Wildman–Crippen LogP) is 2.03. The van der Waals surface area contributed by atoms with E-state index in [9.17, 15) is 9.59 Å². The highest BCUT2D eigenvalue weighted by molar-refractivity contribution is 7.06. The maximum absolute atomic E-state index is 13.0. The number of carbonyl (C=O) groups is 2. The van der Waals surface area contributed by atoms with E-state index in [1.807, 2.05) is 13.8 Å². The summed E-state index contributed by atoms with van der Waals surface area (Å²) in [6, 6.07) is -0.283. The van der Waals surface area contributed by atoms with Gasteiger partial charge in [0.25, 0.3) is 5.91 Å². The molecule has 1 amide bonds. The van der Waals surface area contributed by atoms with Crippen molar-refractivity contribution >= 4 is 23.4 Å². The molecule has 1 fully saturated rings. The molecule has 3 heterocycles. The van der Waals surface area contributed by atoms with Crippen LogP contribution in [0.15, 0.2) is 0 Å². The zero-order valence-corrected chi connectivity index (χ0v) is 14.6. The highest BCUT2D eigenvalue weighted by atomic mass is 32.1. The first kappa shape index (κ1) is 16.6. The Kier molecular flexibility index (Phi) is 4.61. The SMILES string of the molecule is CCOC(=O)c1n[nH]nc1[C@@H]1CCCN1C(=O)c1c(C)nsc1C. The van der Waals surface area contributed by atoms with E-state index < -0.39 is 5.97 Å². The minimum Gasteiger partial charge on any atom is -0.461 e. The number of esters is 1. The van der Waals surface area contributed by atoms with E-state index in [1.54, 1.807) is 11.8 Å².